The number of imidazole rings is 1. The zero-order chi connectivity index (χ0) is 26.0. The molecule has 11 heteroatoms. The van der Waals surface area contributed by atoms with Crippen molar-refractivity contribution in [3.63, 3.8) is 0 Å². The van der Waals surface area contributed by atoms with Crippen LogP contribution in [0.1, 0.15) is 25.2 Å². The number of rotatable bonds is 5. The molecule has 2 aliphatic heterocycles. The van der Waals surface area contributed by atoms with E-state index in [4.69, 9.17) is 4.98 Å². The Balaban J connectivity index is 1.34. The molecule has 2 aliphatic rings. The van der Waals surface area contributed by atoms with Crippen LogP contribution in [0.25, 0.3) is 39.0 Å². The lowest BCUT2D eigenvalue weighted by Gasteiger charge is -2.18. The topological polar surface area (TPSA) is 130 Å². The van der Waals surface area contributed by atoms with Crippen LogP contribution in [0.3, 0.4) is 0 Å². The van der Waals surface area contributed by atoms with Crippen molar-refractivity contribution in [2.24, 2.45) is 5.92 Å². The van der Waals surface area contributed by atoms with Gasteiger partial charge in [0.1, 0.15) is 29.1 Å². The Bertz CT molecular complexity index is 1780. The summed E-state index contributed by atoms with van der Waals surface area (Å²) in [5, 5.41) is 13.3. The first-order valence-electron chi connectivity index (χ1n) is 12.1. The van der Waals surface area contributed by atoms with Crippen molar-refractivity contribution in [3.05, 3.63) is 76.6 Å². The van der Waals surface area contributed by atoms with Crippen molar-refractivity contribution >= 4 is 45.4 Å². The van der Waals surface area contributed by atoms with E-state index in [9.17, 15) is 4.79 Å². The van der Waals surface area contributed by atoms with E-state index in [2.05, 4.69) is 35.9 Å². The second-order valence-corrected chi connectivity index (χ2v) is 10.3. The van der Waals surface area contributed by atoms with Gasteiger partial charge in [0.05, 0.1) is 39.9 Å². The maximum absolute atomic E-state index is 16.3. The van der Waals surface area contributed by atoms with Crippen LogP contribution in [0.15, 0.2) is 59.4 Å². The van der Waals surface area contributed by atoms with Crippen molar-refractivity contribution in [3.8, 4) is 22.4 Å². The van der Waals surface area contributed by atoms with Crippen LogP contribution in [-0.2, 0) is 4.79 Å². The molecule has 38 heavy (non-hydrogen) atoms. The summed E-state index contributed by atoms with van der Waals surface area (Å²) in [7, 11) is 0. The number of H-pyrrole nitrogens is 1. The lowest BCUT2D eigenvalue weighted by molar-refractivity contribution is -0.118. The molecule has 9 nitrogen and oxygen atoms in total. The Labute approximate surface area is 220 Å². The van der Waals surface area contributed by atoms with E-state index in [0.717, 1.165) is 22.5 Å². The molecule has 7 heterocycles. The van der Waals surface area contributed by atoms with Gasteiger partial charge in [0.25, 0.3) is 0 Å². The first-order valence-corrected chi connectivity index (χ1v) is 13.0. The molecule has 0 spiro atoms. The lowest BCUT2D eigenvalue weighted by atomic mass is 9.97. The van der Waals surface area contributed by atoms with E-state index in [1.807, 2.05) is 22.9 Å². The van der Waals surface area contributed by atoms with Gasteiger partial charge in [-0.2, -0.15) is 11.3 Å². The van der Waals surface area contributed by atoms with Gasteiger partial charge in [-0.3, -0.25) is 14.8 Å². The van der Waals surface area contributed by atoms with Crippen molar-refractivity contribution in [1.82, 2.24) is 30.2 Å². The molecule has 5 aromatic heterocycles. The molecule has 188 valence electrons. The Morgan fingerprint density at radius 2 is 2.03 bits per heavy atom. The third-order valence-electron chi connectivity index (χ3n) is 6.59. The number of fused-ring (bicyclic) bond motifs is 3. The average Bonchev–Trinajstić information content (AvgIpc) is 3.28. The predicted molar refractivity (Wildman–Crippen MR) is 145 cm³/mol. The number of nitrogens with zero attached hydrogens (tertiary/aromatic N) is 4. The number of carbonyl (C=O) groups excluding carboxylic acids is 1. The number of amides is 1. The maximum Gasteiger partial charge on any atom is 0.226 e. The normalized spacial score (nSPS) is 15.6. The van der Waals surface area contributed by atoms with E-state index in [-0.39, 0.29) is 23.6 Å². The molecule has 0 aromatic carbocycles. The largest absolute Gasteiger partial charge is 0.360 e. The third-order valence-corrected chi connectivity index (χ3v) is 7.28. The number of halogens is 1. The lowest BCUT2D eigenvalue weighted by Crippen LogP contribution is -2.18. The number of hydrogen-bond donors (Lipinski definition) is 4. The van der Waals surface area contributed by atoms with E-state index in [0.29, 0.717) is 39.5 Å². The highest BCUT2D eigenvalue weighted by molar-refractivity contribution is 7.08. The van der Waals surface area contributed by atoms with E-state index in [1.54, 1.807) is 43.6 Å². The summed E-state index contributed by atoms with van der Waals surface area (Å²) >= 11 is 1.59. The zero-order valence-corrected chi connectivity index (χ0v) is 21.2. The summed E-state index contributed by atoms with van der Waals surface area (Å²) in [5.74, 6) is 0.165. The number of carbonyl (C=O) groups is 1. The SMILES string of the molecule is CC(C)C(=O)Nc1cncc(-c2cnc3c(c2F)C(c2nc4c(-c5ccsc5)nccc4[nH]2)=C2NC2N3)c1. The Morgan fingerprint density at radius 3 is 2.84 bits per heavy atom. The van der Waals surface area contributed by atoms with Crippen LogP contribution in [0.5, 0.6) is 0 Å². The van der Waals surface area contributed by atoms with E-state index < -0.39 is 5.82 Å². The van der Waals surface area contributed by atoms with Crippen molar-refractivity contribution in [2.75, 3.05) is 10.6 Å². The van der Waals surface area contributed by atoms with Crippen LogP contribution in [0.2, 0.25) is 0 Å². The first-order chi connectivity index (χ1) is 18.5. The molecule has 1 amide bonds. The molecule has 0 saturated carbocycles. The van der Waals surface area contributed by atoms with Gasteiger partial charge in [-0.15, -0.1) is 0 Å². The molecule has 0 bridgehead atoms. The number of anilines is 2. The summed E-state index contributed by atoms with van der Waals surface area (Å²) in [6, 6.07) is 5.56. The van der Waals surface area contributed by atoms with E-state index >= 15 is 4.39 Å². The molecular formula is C27H21FN8OS. The number of aromatic amines is 1. The Hall–Kier alpha value is -4.64. The minimum Gasteiger partial charge on any atom is -0.360 e. The zero-order valence-electron chi connectivity index (χ0n) is 20.3. The van der Waals surface area contributed by atoms with Crippen LogP contribution < -0.4 is 16.0 Å². The molecule has 4 N–H and O–H groups in total. The number of hydrogen-bond acceptors (Lipinski definition) is 8. The van der Waals surface area contributed by atoms with Crippen LogP contribution >= 0.6 is 11.3 Å². The van der Waals surface area contributed by atoms with Gasteiger partial charge >= 0.3 is 0 Å². The number of pyridine rings is 3. The molecule has 0 radical (unpaired) electrons. The van der Waals surface area contributed by atoms with Crippen molar-refractivity contribution in [1.29, 1.82) is 0 Å². The Kier molecular flexibility index (Phi) is 5.02. The molecular weight excluding hydrogens is 503 g/mol. The highest BCUT2D eigenvalue weighted by atomic mass is 32.1. The fraction of sp³-hybridized carbons (Fsp3) is 0.148. The standard InChI is InChI=1S/C27H21FN8OS/c1-12(2)27(37)32-15-7-14(8-29-9-15)16-10-31-24-18(20(16)28)19(23-26(35-23)36-24)25-33-17-3-5-30-21(22(17)34-25)13-4-6-38-11-13/h3-12,26,35H,1-2H3,(H,31,36)(H,32,37)(H,33,34). The molecule has 7 rings (SSSR count). The molecule has 1 saturated heterocycles. The average molecular weight is 525 g/mol. The maximum atomic E-state index is 16.3. The number of aromatic nitrogens is 5. The second-order valence-electron chi connectivity index (χ2n) is 9.48. The van der Waals surface area contributed by atoms with Crippen molar-refractivity contribution < 1.29 is 9.18 Å². The molecule has 1 unspecified atom stereocenters. The van der Waals surface area contributed by atoms with Gasteiger partial charge in [-0.25, -0.2) is 14.4 Å². The van der Waals surface area contributed by atoms with Crippen molar-refractivity contribution in [2.45, 2.75) is 20.0 Å². The molecule has 0 aliphatic carbocycles. The fourth-order valence-electron chi connectivity index (χ4n) is 4.59. The second kappa shape index (κ2) is 8.45. The first kappa shape index (κ1) is 22.5. The molecule has 1 fully saturated rings. The van der Waals surface area contributed by atoms with Gasteiger partial charge in [0.2, 0.25) is 5.91 Å². The van der Waals surface area contributed by atoms with Gasteiger partial charge < -0.3 is 20.9 Å². The summed E-state index contributed by atoms with van der Waals surface area (Å²) in [6.07, 6.45) is 6.18. The quantitative estimate of drug-likeness (QED) is 0.238. The van der Waals surface area contributed by atoms with Crippen LogP contribution in [-0.4, -0.2) is 37.0 Å². The monoisotopic (exact) mass is 524 g/mol. The summed E-state index contributed by atoms with van der Waals surface area (Å²) in [4.78, 5) is 33.7. The van der Waals surface area contributed by atoms with Gasteiger partial charge in [0, 0.05) is 46.6 Å². The Morgan fingerprint density at radius 1 is 1.13 bits per heavy atom. The minimum atomic E-state index is -0.456. The highest BCUT2D eigenvalue weighted by Gasteiger charge is 2.42. The minimum absolute atomic E-state index is 0.130. The smallest absolute Gasteiger partial charge is 0.226 e. The van der Waals surface area contributed by atoms with Gasteiger partial charge in [0.15, 0.2) is 0 Å². The third kappa shape index (κ3) is 3.62. The molecule has 1 atom stereocenters. The number of nitrogens with one attached hydrogen (secondary N) is 4. The molecule has 5 aromatic rings. The predicted octanol–water partition coefficient (Wildman–Crippen LogP) is 4.99. The summed E-state index contributed by atoms with van der Waals surface area (Å²) in [6.45, 7) is 3.61. The fourth-order valence-corrected chi connectivity index (χ4v) is 5.23. The summed E-state index contributed by atoms with van der Waals surface area (Å²) in [5.41, 5.74) is 6.33. The number of thiophene rings is 1. The van der Waals surface area contributed by atoms with Gasteiger partial charge in [-0.05, 0) is 23.6 Å². The van der Waals surface area contributed by atoms with Gasteiger partial charge in [-0.1, -0.05) is 13.8 Å². The van der Waals surface area contributed by atoms with Crippen LogP contribution in [0.4, 0.5) is 15.9 Å². The summed E-state index contributed by atoms with van der Waals surface area (Å²) < 4.78 is 16.3. The van der Waals surface area contributed by atoms with Crippen LogP contribution in [0, 0.1) is 11.7 Å². The van der Waals surface area contributed by atoms with E-state index in [1.165, 1.54) is 12.4 Å². The highest BCUT2D eigenvalue weighted by Crippen LogP contribution is 2.44.